The Bertz CT molecular complexity index is 489. The van der Waals surface area contributed by atoms with E-state index in [1.165, 1.54) is 0 Å². The number of hydrogen-bond acceptors (Lipinski definition) is 4. The van der Waals surface area contributed by atoms with Crippen molar-refractivity contribution in [1.29, 1.82) is 0 Å². The average Bonchev–Trinajstić information content (AvgIpc) is 3.17. The second-order valence-electron chi connectivity index (χ2n) is 6.70. The van der Waals surface area contributed by atoms with Gasteiger partial charge >= 0.3 is 6.09 Å². The van der Waals surface area contributed by atoms with E-state index >= 15 is 0 Å². The van der Waals surface area contributed by atoms with Crippen molar-refractivity contribution >= 4 is 41.9 Å². The molecule has 2 fully saturated rings. The Balaban J connectivity index is 0.00000364. The number of nitrogens with zero attached hydrogens (tertiary/aromatic N) is 3. The van der Waals surface area contributed by atoms with E-state index in [1.54, 1.807) is 4.90 Å². The molecule has 0 spiro atoms. The SMILES string of the molecule is CCNC(=NCCC(=O)N1CCCC1)NC1CCN(C(=O)OCC)CC1.I. The Kier molecular flexibility index (Phi) is 11.5. The van der Waals surface area contributed by atoms with Crippen LogP contribution in [0.5, 0.6) is 0 Å². The van der Waals surface area contributed by atoms with Crippen LogP contribution < -0.4 is 10.6 Å². The van der Waals surface area contributed by atoms with Gasteiger partial charge in [-0.15, -0.1) is 24.0 Å². The molecule has 156 valence electrons. The molecule has 0 saturated carbocycles. The number of hydrogen-bond donors (Lipinski definition) is 2. The fourth-order valence-electron chi connectivity index (χ4n) is 3.32. The van der Waals surface area contributed by atoms with Crippen LogP contribution in [0.25, 0.3) is 0 Å². The summed E-state index contributed by atoms with van der Waals surface area (Å²) >= 11 is 0. The van der Waals surface area contributed by atoms with Crippen LogP contribution >= 0.6 is 24.0 Å². The predicted octanol–water partition coefficient (Wildman–Crippen LogP) is 1.79. The van der Waals surface area contributed by atoms with E-state index in [9.17, 15) is 9.59 Å². The molecule has 0 radical (unpaired) electrons. The summed E-state index contributed by atoms with van der Waals surface area (Å²) < 4.78 is 5.05. The van der Waals surface area contributed by atoms with Crippen LogP contribution in [-0.4, -0.2) is 79.7 Å². The first-order valence-corrected chi connectivity index (χ1v) is 9.88. The molecule has 2 aliphatic rings. The van der Waals surface area contributed by atoms with Crippen molar-refractivity contribution in [2.24, 2.45) is 4.99 Å². The molecule has 9 heteroatoms. The second-order valence-corrected chi connectivity index (χ2v) is 6.70. The lowest BCUT2D eigenvalue weighted by atomic mass is 10.1. The van der Waals surface area contributed by atoms with E-state index in [0.29, 0.717) is 32.7 Å². The summed E-state index contributed by atoms with van der Waals surface area (Å²) in [4.78, 5) is 32.1. The molecular formula is C18H34IN5O3. The van der Waals surface area contributed by atoms with E-state index in [1.807, 2.05) is 18.7 Å². The molecule has 0 aromatic rings. The highest BCUT2D eigenvalue weighted by Gasteiger charge is 2.24. The van der Waals surface area contributed by atoms with Gasteiger partial charge in [0.15, 0.2) is 5.96 Å². The van der Waals surface area contributed by atoms with Crippen LogP contribution in [0.1, 0.15) is 46.0 Å². The number of ether oxygens (including phenoxy) is 1. The molecule has 2 rings (SSSR count). The van der Waals surface area contributed by atoms with Crippen LogP contribution in [0.2, 0.25) is 0 Å². The fraction of sp³-hybridized carbons (Fsp3) is 0.833. The number of aliphatic imine (C=N–C) groups is 1. The minimum absolute atomic E-state index is 0. The summed E-state index contributed by atoms with van der Waals surface area (Å²) in [7, 11) is 0. The first kappa shape index (κ1) is 23.8. The maximum absolute atomic E-state index is 12.1. The maximum atomic E-state index is 12.1. The molecule has 2 heterocycles. The number of nitrogens with one attached hydrogen (secondary N) is 2. The molecule has 0 bridgehead atoms. The van der Waals surface area contributed by atoms with Crippen molar-refractivity contribution in [3.8, 4) is 0 Å². The molecule has 2 saturated heterocycles. The smallest absolute Gasteiger partial charge is 0.409 e. The highest BCUT2D eigenvalue weighted by Crippen LogP contribution is 2.12. The lowest BCUT2D eigenvalue weighted by molar-refractivity contribution is -0.129. The number of amides is 2. The number of rotatable bonds is 6. The van der Waals surface area contributed by atoms with Gasteiger partial charge in [-0.05, 0) is 39.5 Å². The van der Waals surface area contributed by atoms with Gasteiger partial charge in [-0.3, -0.25) is 9.79 Å². The molecule has 0 aromatic heterocycles. The molecule has 2 amide bonds. The van der Waals surface area contributed by atoms with Gasteiger partial charge < -0.3 is 25.2 Å². The highest BCUT2D eigenvalue weighted by atomic mass is 127. The molecule has 2 N–H and O–H groups in total. The maximum Gasteiger partial charge on any atom is 0.409 e. The minimum Gasteiger partial charge on any atom is -0.450 e. The molecular weight excluding hydrogens is 461 g/mol. The Morgan fingerprint density at radius 2 is 1.74 bits per heavy atom. The first-order valence-electron chi connectivity index (χ1n) is 9.88. The number of carbonyl (C=O) groups excluding carboxylic acids is 2. The summed E-state index contributed by atoms with van der Waals surface area (Å²) in [6.07, 6.45) is 4.17. The number of guanidine groups is 1. The van der Waals surface area contributed by atoms with Gasteiger partial charge in [0.25, 0.3) is 0 Å². The van der Waals surface area contributed by atoms with Crippen LogP contribution in [0, 0.1) is 0 Å². The number of halogens is 1. The zero-order chi connectivity index (χ0) is 18.8. The number of likely N-dealkylation sites (tertiary alicyclic amines) is 2. The zero-order valence-electron chi connectivity index (χ0n) is 16.5. The summed E-state index contributed by atoms with van der Waals surface area (Å²) in [5.41, 5.74) is 0. The van der Waals surface area contributed by atoms with E-state index in [2.05, 4.69) is 15.6 Å². The monoisotopic (exact) mass is 495 g/mol. The van der Waals surface area contributed by atoms with E-state index in [-0.39, 0.29) is 42.0 Å². The van der Waals surface area contributed by atoms with Gasteiger partial charge in [-0.2, -0.15) is 0 Å². The lowest BCUT2D eigenvalue weighted by Gasteiger charge is -2.32. The molecule has 27 heavy (non-hydrogen) atoms. The molecule has 8 nitrogen and oxygen atoms in total. The van der Waals surface area contributed by atoms with Crippen LogP contribution in [0.3, 0.4) is 0 Å². The lowest BCUT2D eigenvalue weighted by Crippen LogP contribution is -2.50. The van der Waals surface area contributed by atoms with Gasteiger partial charge in [0.1, 0.15) is 0 Å². The van der Waals surface area contributed by atoms with Gasteiger partial charge in [0.05, 0.1) is 13.2 Å². The third kappa shape index (κ3) is 8.10. The summed E-state index contributed by atoms with van der Waals surface area (Å²) in [6, 6.07) is 0.271. The largest absolute Gasteiger partial charge is 0.450 e. The van der Waals surface area contributed by atoms with Crippen molar-refractivity contribution < 1.29 is 14.3 Å². The van der Waals surface area contributed by atoms with Crippen molar-refractivity contribution in [3.63, 3.8) is 0 Å². The third-order valence-electron chi connectivity index (χ3n) is 4.76. The van der Waals surface area contributed by atoms with Gasteiger partial charge in [-0.1, -0.05) is 0 Å². The molecule has 0 atom stereocenters. The van der Waals surface area contributed by atoms with Crippen LogP contribution in [-0.2, 0) is 9.53 Å². The third-order valence-corrected chi connectivity index (χ3v) is 4.76. The molecule has 0 unspecified atom stereocenters. The van der Waals surface area contributed by atoms with Crippen LogP contribution in [0.4, 0.5) is 4.79 Å². The van der Waals surface area contributed by atoms with Crippen molar-refractivity contribution in [2.45, 2.75) is 52.0 Å². The standard InChI is InChI=1S/C18H33N5O3.HI/c1-3-19-17(20-10-7-16(24)22-11-5-6-12-22)21-15-8-13-23(14-9-15)18(25)26-4-2;/h15H,3-14H2,1-2H3,(H2,19,20,21);1H. The van der Waals surface area contributed by atoms with Gasteiger partial charge in [-0.25, -0.2) is 4.79 Å². The molecule has 2 aliphatic heterocycles. The zero-order valence-corrected chi connectivity index (χ0v) is 18.9. The number of piperidine rings is 1. The topological polar surface area (TPSA) is 86.3 Å². The molecule has 0 aromatic carbocycles. The minimum atomic E-state index is -0.230. The highest BCUT2D eigenvalue weighted by molar-refractivity contribution is 14.0. The van der Waals surface area contributed by atoms with Crippen LogP contribution in [0.15, 0.2) is 4.99 Å². The van der Waals surface area contributed by atoms with Crippen molar-refractivity contribution in [2.75, 3.05) is 45.9 Å². The number of carbonyl (C=O) groups is 2. The Morgan fingerprint density at radius 1 is 1.07 bits per heavy atom. The molecule has 0 aliphatic carbocycles. The van der Waals surface area contributed by atoms with Crippen molar-refractivity contribution in [3.05, 3.63) is 0 Å². The van der Waals surface area contributed by atoms with E-state index in [0.717, 1.165) is 51.3 Å². The fourth-order valence-corrected chi connectivity index (χ4v) is 3.32. The Labute approximate surface area is 179 Å². The quantitative estimate of drug-likeness (QED) is 0.334. The van der Waals surface area contributed by atoms with Crippen molar-refractivity contribution in [1.82, 2.24) is 20.4 Å². The van der Waals surface area contributed by atoms with Gasteiger partial charge in [0, 0.05) is 45.2 Å². The van der Waals surface area contributed by atoms with E-state index < -0.39 is 0 Å². The second kappa shape index (κ2) is 13.0. The summed E-state index contributed by atoms with van der Waals surface area (Å²) in [6.45, 7) is 8.66. The Hall–Kier alpha value is -1.26. The normalized spacial score (nSPS) is 18.1. The Morgan fingerprint density at radius 3 is 2.33 bits per heavy atom. The summed E-state index contributed by atoms with van der Waals surface area (Å²) in [5.74, 6) is 0.946. The van der Waals surface area contributed by atoms with E-state index in [4.69, 9.17) is 4.74 Å². The van der Waals surface area contributed by atoms with Gasteiger partial charge in [0.2, 0.25) is 5.91 Å². The average molecular weight is 495 g/mol. The predicted molar refractivity (Wildman–Crippen MR) is 117 cm³/mol. The summed E-state index contributed by atoms with van der Waals surface area (Å²) in [5, 5.41) is 6.66. The first-order chi connectivity index (χ1) is 12.6.